The molecule has 1 aliphatic rings. The van der Waals surface area contributed by atoms with E-state index in [1.165, 1.54) is 5.01 Å². The van der Waals surface area contributed by atoms with Crippen molar-refractivity contribution in [2.75, 3.05) is 0 Å². The van der Waals surface area contributed by atoms with Gasteiger partial charge in [-0.05, 0) is 44.1 Å². The van der Waals surface area contributed by atoms with Gasteiger partial charge in [-0.25, -0.2) is 10.5 Å². The Morgan fingerprint density at radius 3 is 2.27 bits per heavy atom. The van der Waals surface area contributed by atoms with Crippen LogP contribution in [0.2, 0.25) is 0 Å². The Bertz CT molecular complexity index is 804. The first-order chi connectivity index (χ1) is 15.7. The lowest BCUT2D eigenvalue weighted by Crippen LogP contribution is -2.57. The van der Waals surface area contributed by atoms with Crippen LogP contribution in [0.5, 0.6) is 0 Å². The quantitative estimate of drug-likeness (QED) is 0.317. The van der Waals surface area contributed by atoms with E-state index in [2.05, 4.69) is 5.43 Å². The van der Waals surface area contributed by atoms with Crippen molar-refractivity contribution in [3.8, 4) is 0 Å². The Morgan fingerprint density at radius 2 is 1.73 bits per heavy atom. The lowest BCUT2D eigenvalue weighted by atomic mass is 9.82. The second-order valence-electron chi connectivity index (χ2n) is 9.28. The number of allylic oxidation sites excluding steroid dienone is 1. The molecule has 0 radical (unpaired) electrons. The third kappa shape index (κ3) is 7.98. The van der Waals surface area contributed by atoms with E-state index in [0.29, 0.717) is 6.42 Å². The van der Waals surface area contributed by atoms with Crippen LogP contribution in [-0.2, 0) is 14.4 Å². The fourth-order valence-corrected chi connectivity index (χ4v) is 4.32. The highest BCUT2D eigenvalue weighted by Gasteiger charge is 2.37. The molecule has 2 rings (SSSR count). The fourth-order valence-electron chi connectivity index (χ4n) is 4.32. The van der Waals surface area contributed by atoms with Crippen molar-refractivity contribution in [2.24, 2.45) is 23.5 Å². The molecule has 182 valence electrons. The summed E-state index contributed by atoms with van der Waals surface area (Å²) in [5.41, 5.74) is 11.3. The molecule has 1 aliphatic carbocycles. The maximum atomic E-state index is 13.4. The van der Waals surface area contributed by atoms with E-state index in [1.54, 1.807) is 12.4 Å². The molecule has 8 nitrogen and oxygen atoms in total. The number of nitrogens with zero attached hydrogens (tertiary/aromatic N) is 1. The second-order valence-corrected chi connectivity index (χ2v) is 9.28. The van der Waals surface area contributed by atoms with Gasteiger partial charge in [-0.2, -0.15) is 0 Å². The number of hydrazine groups is 1. The fraction of sp³-hybridized carbons (Fsp3) is 0.560. The van der Waals surface area contributed by atoms with Crippen LogP contribution >= 0.6 is 0 Å². The number of hydrogen-bond acceptors (Lipinski definition) is 5. The molecule has 0 heterocycles. The summed E-state index contributed by atoms with van der Waals surface area (Å²) < 4.78 is 0. The molecule has 0 aromatic heterocycles. The number of benzene rings is 1. The van der Waals surface area contributed by atoms with Gasteiger partial charge < -0.3 is 5.73 Å². The van der Waals surface area contributed by atoms with Crippen molar-refractivity contribution < 1.29 is 19.6 Å². The first-order valence-electron chi connectivity index (χ1n) is 11.8. The zero-order valence-electron chi connectivity index (χ0n) is 19.9. The van der Waals surface area contributed by atoms with Gasteiger partial charge in [0, 0.05) is 0 Å². The van der Waals surface area contributed by atoms with E-state index in [9.17, 15) is 19.6 Å². The number of nitrogens with two attached hydrogens (primary N) is 1. The average molecular weight is 459 g/mol. The van der Waals surface area contributed by atoms with Crippen LogP contribution in [0, 0.1) is 17.8 Å². The molecular formula is C25H38N4O4. The Labute approximate surface area is 196 Å². The van der Waals surface area contributed by atoms with Crippen LogP contribution in [0.3, 0.4) is 0 Å². The molecule has 1 fully saturated rings. The zero-order valence-corrected chi connectivity index (χ0v) is 19.9. The summed E-state index contributed by atoms with van der Waals surface area (Å²) in [6.07, 6.45) is 7.97. The largest absolute Gasteiger partial charge is 0.320 e. The summed E-state index contributed by atoms with van der Waals surface area (Å²) in [6.45, 7) is 5.53. The Morgan fingerprint density at radius 1 is 1.09 bits per heavy atom. The number of carbonyl (C=O) groups is 3. The summed E-state index contributed by atoms with van der Waals surface area (Å²) in [6, 6.07) is 8.78. The van der Waals surface area contributed by atoms with E-state index in [0.717, 1.165) is 31.2 Å². The highest BCUT2D eigenvalue weighted by Crippen LogP contribution is 2.27. The minimum atomic E-state index is -0.798. The highest BCUT2D eigenvalue weighted by molar-refractivity contribution is 5.89. The average Bonchev–Trinajstić information content (AvgIpc) is 3.33. The first-order valence-corrected chi connectivity index (χ1v) is 11.8. The minimum Gasteiger partial charge on any atom is -0.320 e. The molecular weight excluding hydrogens is 420 g/mol. The molecule has 0 saturated heterocycles. The summed E-state index contributed by atoms with van der Waals surface area (Å²) in [4.78, 5) is 38.8. The molecule has 0 aliphatic heterocycles. The van der Waals surface area contributed by atoms with E-state index in [1.807, 2.05) is 56.3 Å². The van der Waals surface area contributed by atoms with Gasteiger partial charge in [-0.3, -0.25) is 25.0 Å². The monoisotopic (exact) mass is 458 g/mol. The number of nitrogens with one attached hydrogen (secondary N) is 2. The van der Waals surface area contributed by atoms with Crippen molar-refractivity contribution in [2.45, 2.75) is 71.4 Å². The summed E-state index contributed by atoms with van der Waals surface area (Å²) >= 11 is 0. The third-order valence-corrected chi connectivity index (χ3v) is 6.04. The van der Waals surface area contributed by atoms with Crippen molar-refractivity contribution in [3.05, 3.63) is 42.0 Å². The normalized spacial score (nSPS) is 17.0. The number of amides is 3. The molecule has 1 aromatic carbocycles. The predicted octanol–water partition coefficient (Wildman–Crippen LogP) is 3.02. The predicted molar refractivity (Wildman–Crippen MR) is 127 cm³/mol. The van der Waals surface area contributed by atoms with E-state index in [4.69, 9.17) is 5.73 Å². The molecule has 1 aromatic rings. The van der Waals surface area contributed by atoms with Crippen molar-refractivity contribution in [1.82, 2.24) is 15.9 Å². The van der Waals surface area contributed by atoms with Crippen molar-refractivity contribution in [3.63, 3.8) is 0 Å². The van der Waals surface area contributed by atoms with E-state index in [-0.39, 0.29) is 24.3 Å². The van der Waals surface area contributed by atoms with Gasteiger partial charge >= 0.3 is 0 Å². The first kappa shape index (κ1) is 26.5. The van der Waals surface area contributed by atoms with E-state index >= 15 is 0 Å². The highest BCUT2D eigenvalue weighted by atomic mass is 16.5. The van der Waals surface area contributed by atoms with Gasteiger partial charge in [-0.15, -0.1) is 0 Å². The number of hydroxylamine groups is 1. The number of rotatable bonds is 10. The Hall–Kier alpha value is -2.71. The van der Waals surface area contributed by atoms with Crippen LogP contribution in [-0.4, -0.2) is 40.0 Å². The standard InChI is InChI=1S/C25H38N4O4/c1-17(2)16-22(21(24(31)28-33)15-9-12-19-10-5-4-6-11-19)23(30)27-29(25(32)18(3)26)20-13-7-8-14-20/h4-6,9-12,17-18,20-22,33H,7-8,13-16,26H2,1-3H3,(H,27,30)(H,28,31)/t18-,21+,22-/m1/s1. The van der Waals surface area contributed by atoms with Crippen LogP contribution in [0.25, 0.3) is 6.08 Å². The zero-order chi connectivity index (χ0) is 24.4. The topological polar surface area (TPSA) is 125 Å². The molecule has 0 spiro atoms. The lowest BCUT2D eigenvalue weighted by Gasteiger charge is -2.33. The second kappa shape index (κ2) is 13.1. The van der Waals surface area contributed by atoms with Crippen LogP contribution in [0.4, 0.5) is 0 Å². The maximum Gasteiger partial charge on any atom is 0.257 e. The van der Waals surface area contributed by atoms with Crippen LogP contribution in [0.1, 0.15) is 64.9 Å². The molecule has 0 unspecified atom stereocenters. The van der Waals surface area contributed by atoms with Crippen molar-refractivity contribution in [1.29, 1.82) is 0 Å². The summed E-state index contributed by atoms with van der Waals surface area (Å²) in [7, 11) is 0. The molecule has 3 atom stereocenters. The van der Waals surface area contributed by atoms with Crippen LogP contribution < -0.4 is 16.6 Å². The molecule has 5 N–H and O–H groups in total. The molecule has 0 bridgehead atoms. The van der Waals surface area contributed by atoms with Crippen molar-refractivity contribution >= 4 is 23.8 Å². The molecule has 3 amide bonds. The van der Waals surface area contributed by atoms with Gasteiger partial charge in [0.2, 0.25) is 11.8 Å². The summed E-state index contributed by atoms with van der Waals surface area (Å²) in [5.74, 6) is -2.79. The van der Waals surface area contributed by atoms with Gasteiger partial charge in [0.1, 0.15) is 0 Å². The number of carbonyl (C=O) groups excluding carboxylic acids is 3. The van der Waals surface area contributed by atoms with Gasteiger partial charge in [-0.1, -0.05) is 69.2 Å². The summed E-state index contributed by atoms with van der Waals surface area (Å²) in [5, 5.41) is 10.7. The third-order valence-electron chi connectivity index (χ3n) is 6.04. The minimum absolute atomic E-state index is 0.102. The Kier molecular flexibility index (Phi) is 10.5. The molecule has 8 heteroatoms. The smallest absolute Gasteiger partial charge is 0.257 e. The van der Waals surface area contributed by atoms with Gasteiger partial charge in [0.05, 0.1) is 23.9 Å². The lowest BCUT2D eigenvalue weighted by molar-refractivity contribution is -0.150. The number of hydrogen-bond donors (Lipinski definition) is 4. The van der Waals surface area contributed by atoms with Gasteiger partial charge in [0.25, 0.3) is 5.91 Å². The maximum absolute atomic E-state index is 13.4. The van der Waals surface area contributed by atoms with E-state index < -0.39 is 29.7 Å². The molecule has 1 saturated carbocycles. The molecule has 33 heavy (non-hydrogen) atoms. The Balaban J connectivity index is 2.25. The SMILES string of the molecule is CC(C)C[C@@H](C(=O)NN(C(=O)[C@@H](C)N)C1CCCC1)[C@H](CC=Cc1ccccc1)C(=O)NO. The van der Waals surface area contributed by atoms with Gasteiger partial charge in [0.15, 0.2) is 0 Å². The van der Waals surface area contributed by atoms with Crippen LogP contribution in [0.15, 0.2) is 36.4 Å².